The molecule has 0 aromatic carbocycles. The van der Waals surface area contributed by atoms with Crippen molar-refractivity contribution in [3.63, 3.8) is 0 Å². The molecule has 6 heteroatoms. The lowest BCUT2D eigenvalue weighted by atomic mass is 10.2. The van der Waals surface area contributed by atoms with Gasteiger partial charge in [0.2, 0.25) is 0 Å². The first-order valence-corrected chi connectivity index (χ1v) is 7.92. The first kappa shape index (κ1) is 12.6. The van der Waals surface area contributed by atoms with E-state index in [2.05, 4.69) is 9.88 Å². The molecule has 2 rings (SSSR count). The third-order valence-electron chi connectivity index (χ3n) is 2.93. The standard InChI is InChI=1S/C11H15ClN2O2S/c12-8-10-2-3-13-9-11(10)14-4-1-6-17(15,16)7-5-14/h2-3,9H,1,4-8H2. The lowest BCUT2D eigenvalue weighted by Gasteiger charge is -2.23. The van der Waals surface area contributed by atoms with Crippen LogP contribution < -0.4 is 4.90 Å². The highest BCUT2D eigenvalue weighted by Crippen LogP contribution is 2.22. The molecule has 1 aliphatic heterocycles. The molecule has 2 heterocycles. The van der Waals surface area contributed by atoms with Crippen LogP contribution >= 0.6 is 11.6 Å². The maximum atomic E-state index is 11.5. The van der Waals surface area contributed by atoms with Crippen LogP contribution in [0.4, 0.5) is 5.69 Å². The number of rotatable bonds is 2. The van der Waals surface area contributed by atoms with Gasteiger partial charge in [-0.3, -0.25) is 4.98 Å². The Morgan fingerprint density at radius 1 is 1.35 bits per heavy atom. The van der Waals surface area contributed by atoms with E-state index in [1.807, 2.05) is 6.07 Å². The molecule has 0 aliphatic carbocycles. The highest BCUT2D eigenvalue weighted by Gasteiger charge is 2.20. The number of aromatic nitrogens is 1. The van der Waals surface area contributed by atoms with Crippen molar-refractivity contribution in [2.75, 3.05) is 29.5 Å². The Balaban J connectivity index is 2.22. The number of alkyl halides is 1. The van der Waals surface area contributed by atoms with Gasteiger partial charge in [0, 0.05) is 25.2 Å². The third kappa shape index (κ3) is 3.10. The predicted octanol–water partition coefficient (Wildman–Crippen LogP) is 1.45. The molecule has 1 aromatic rings. The molecule has 1 saturated heterocycles. The van der Waals surface area contributed by atoms with Gasteiger partial charge in [-0.1, -0.05) is 0 Å². The number of anilines is 1. The Bertz CT molecular complexity index is 490. The highest BCUT2D eigenvalue weighted by atomic mass is 35.5. The summed E-state index contributed by atoms with van der Waals surface area (Å²) >= 11 is 5.88. The van der Waals surface area contributed by atoms with Crippen molar-refractivity contribution in [1.82, 2.24) is 4.98 Å². The molecule has 1 aliphatic rings. The van der Waals surface area contributed by atoms with Crippen LogP contribution in [0.5, 0.6) is 0 Å². The van der Waals surface area contributed by atoms with Gasteiger partial charge in [-0.05, 0) is 18.1 Å². The number of hydrogen-bond donors (Lipinski definition) is 0. The van der Waals surface area contributed by atoms with E-state index in [-0.39, 0.29) is 11.5 Å². The molecule has 0 radical (unpaired) electrons. The van der Waals surface area contributed by atoms with Crippen molar-refractivity contribution in [1.29, 1.82) is 0 Å². The molecule has 1 fully saturated rings. The molecule has 0 bridgehead atoms. The number of nitrogens with zero attached hydrogens (tertiary/aromatic N) is 2. The zero-order valence-corrected chi connectivity index (χ0v) is 11.0. The fraction of sp³-hybridized carbons (Fsp3) is 0.545. The van der Waals surface area contributed by atoms with E-state index in [1.165, 1.54) is 0 Å². The summed E-state index contributed by atoms with van der Waals surface area (Å²) in [7, 11) is -2.87. The predicted molar refractivity (Wildman–Crippen MR) is 69.3 cm³/mol. The quantitative estimate of drug-likeness (QED) is 0.766. The van der Waals surface area contributed by atoms with Gasteiger partial charge in [-0.2, -0.15) is 0 Å². The summed E-state index contributed by atoms with van der Waals surface area (Å²) in [6, 6.07) is 1.88. The van der Waals surface area contributed by atoms with E-state index < -0.39 is 9.84 Å². The SMILES string of the molecule is O=S1(=O)CCCN(c2cnccc2CCl)CC1. The van der Waals surface area contributed by atoms with Crippen molar-refractivity contribution in [3.8, 4) is 0 Å². The van der Waals surface area contributed by atoms with Gasteiger partial charge in [0.1, 0.15) is 0 Å². The van der Waals surface area contributed by atoms with Crippen molar-refractivity contribution >= 4 is 27.1 Å². The van der Waals surface area contributed by atoms with E-state index in [9.17, 15) is 8.42 Å². The number of sulfone groups is 1. The van der Waals surface area contributed by atoms with Gasteiger partial charge < -0.3 is 4.90 Å². The van der Waals surface area contributed by atoms with Gasteiger partial charge in [0.15, 0.2) is 9.84 Å². The first-order valence-electron chi connectivity index (χ1n) is 5.56. The smallest absolute Gasteiger partial charge is 0.152 e. The topological polar surface area (TPSA) is 50.3 Å². The Morgan fingerprint density at radius 3 is 2.94 bits per heavy atom. The third-order valence-corrected chi connectivity index (χ3v) is 4.93. The zero-order valence-electron chi connectivity index (χ0n) is 9.47. The van der Waals surface area contributed by atoms with Crippen LogP contribution in [-0.4, -0.2) is 38.0 Å². The Hall–Kier alpha value is -0.810. The summed E-state index contributed by atoms with van der Waals surface area (Å²) < 4.78 is 23.1. The molecular formula is C11H15ClN2O2S. The van der Waals surface area contributed by atoms with Crippen LogP contribution in [0.15, 0.2) is 18.5 Å². The Kier molecular flexibility index (Phi) is 3.89. The second kappa shape index (κ2) is 5.23. The summed E-state index contributed by atoms with van der Waals surface area (Å²) in [6.07, 6.45) is 4.13. The average Bonchev–Trinajstić information content (AvgIpc) is 2.50. The summed E-state index contributed by atoms with van der Waals surface area (Å²) in [5.74, 6) is 0.907. The van der Waals surface area contributed by atoms with E-state index in [0.717, 1.165) is 17.8 Å². The first-order chi connectivity index (χ1) is 8.12. The van der Waals surface area contributed by atoms with Gasteiger partial charge in [0.25, 0.3) is 0 Å². The second-order valence-electron chi connectivity index (χ2n) is 4.13. The normalized spacial score (nSPS) is 19.9. The molecule has 17 heavy (non-hydrogen) atoms. The average molecular weight is 275 g/mol. The van der Waals surface area contributed by atoms with Gasteiger partial charge in [-0.25, -0.2) is 8.42 Å². The van der Waals surface area contributed by atoms with Crippen molar-refractivity contribution < 1.29 is 8.42 Å². The van der Waals surface area contributed by atoms with Crippen LogP contribution in [0.3, 0.4) is 0 Å². The summed E-state index contributed by atoms with van der Waals surface area (Å²) in [5.41, 5.74) is 1.96. The molecule has 1 aromatic heterocycles. The summed E-state index contributed by atoms with van der Waals surface area (Å²) in [4.78, 5) is 6.15. The van der Waals surface area contributed by atoms with Crippen LogP contribution in [-0.2, 0) is 15.7 Å². The lowest BCUT2D eigenvalue weighted by Crippen LogP contribution is -2.27. The monoisotopic (exact) mass is 274 g/mol. The van der Waals surface area contributed by atoms with Crippen molar-refractivity contribution in [2.24, 2.45) is 0 Å². The van der Waals surface area contributed by atoms with Gasteiger partial charge >= 0.3 is 0 Å². The summed E-state index contributed by atoms with van der Waals surface area (Å²) in [6.45, 7) is 1.27. The molecule has 0 unspecified atom stereocenters. The highest BCUT2D eigenvalue weighted by molar-refractivity contribution is 7.91. The van der Waals surface area contributed by atoms with Gasteiger partial charge in [-0.15, -0.1) is 11.6 Å². The number of halogens is 1. The fourth-order valence-electron chi connectivity index (χ4n) is 1.99. The molecule has 0 amide bonds. The minimum absolute atomic E-state index is 0.212. The fourth-order valence-corrected chi connectivity index (χ4v) is 3.49. The van der Waals surface area contributed by atoms with E-state index >= 15 is 0 Å². The zero-order chi connectivity index (χ0) is 12.3. The molecular weight excluding hydrogens is 260 g/mol. The number of pyridine rings is 1. The van der Waals surface area contributed by atoms with E-state index in [4.69, 9.17) is 11.6 Å². The van der Waals surface area contributed by atoms with Crippen LogP contribution in [0, 0.1) is 0 Å². The minimum atomic E-state index is -2.87. The maximum absolute atomic E-state index is 11.5. The summed E-state index contributed by atoms with van der Waals surface area (Å²) in [5, 5.41) is 0. The van der Waals surface area contributed by atoms with Gasteiger partial charge in [0.05, 0.1) is 23.4 Å². The minimum Gasteiger partial charge on any atom is -0.369 e. The molecule has 0 spiro atoms. The largest absolute Gasteiger partial charge is 0.369 e. The Morgan fingerprint density at radius 2 is 2.18 bits per heavy atom. The van der Waals surface area contributed by atoms with Crippen LogP contribution in [0.1, 0.15) is 12.0 Å². The molecule has 0 N–H and O–H groups in total. The van der Waals surface area contributed by atoms with Crippen LogP contribution in [0.25, 0.3) is 0 Å². The van der Waals surface area contributed by atoms with E-state index in [0.29, 0.717) is 18.8 Å². The molecule has 4 nitrogen and oxygen atoms in total. The lowest BCUT2D eigenvalue weighted by molar-refractivity contribution is 0.597. The maximum Gasteiger partial charge on any atom is 0.152 e. The van der Waals surface area contributed by atoms with E-state index in [1.54, 1.807) is 12.4 Å². The van der Waals surface area contributed by atoms with Crippen molar-refractivity contribution in [2.45, 2.75) is 12.3 Å². The second-order valence-corrected chi connectivity index (χ2v) is 6.70. The van der Waals surface area contributed by atoms with Crippen LogP contribution in [0.2, 0.25) is 0 Å². The molecule has 94 valence electrons. The Labute approximate surface area is 107 Å². The van der Waals surface area contributed by atoms with Crippen molar-refractivity contribution in [3.05, 3.63) is 24.0 Å². The molecule has 0 saturated carbocycles. The molecule has 0 atom stereocenters. The number of hydrogen-bond acceptors (Lipinski definition) is 4.